The molecular formula is C26H25F3N2O2. The topological polar surface area (TPSA) is 45.3 Å². The number of rotatable bonds is 4. The second-order valence-corrected chi connectivity index (χ2v) is 8.78. The Morgan fingerprint density at radius 3 is 2.42 bits per heavy atom. The Balaban J connectivity index is 1.27. The van der Waals surface area contributed by atoms with Crippen LogP contribution in [0.3, 0.4) is 0 Å². The summed E-state index contributed by atoms with van der Waals surface area (Å²) in [4.78, 5) is 17.9. The summed E-state index contributed by atoms with van der Waals surface area (Å²) < 4.78 is 41.0. The summed E-state index contributed by atoms with van der Waals surface area (Å²) in [7, 11) is 0. The van der Waals surface area contributed by atoms with Gasteiger partial charge in [0.15, 0.2) is 0 Å². The average molecular weight is 454 g/mol. The average Bonchev–Trinajstić information content (AvgIpc) is 2.79. The summed E-state index contributed by atoms with van der Waals surface area (Å²) in [6, 6.07) is 12.4. The van der Waals surface area contributed by atoms with Crippen molar-refractivity contribution in [1.82, 2.24) is 9.88 Å². The van der Waals surface area contributed by atoms with Crippen LogP contribution in [-0.4, -0.2) is 29.3 Å². The Morgan fingerprint density at radius 1 is 0.970 bits per heavy atom. The van der Waals surface area contributed by atoms with E-state index in [9.17, 15) is 18.0 Å². The third-order valence-corrected chi connectivity index (χ3v) is 6.56. The molecule has 1 aliphatic heterocycles. The molecule has 5 rings (SSSR count). The fraction of sp³-hybridized carbons (Fsp3) is 0.346. The van der Waals surface area contributed by atoms with Crippen LogP contribution >= 0.6 is 0 Å². The van der Waals surface area contributed by atoms with Gasteiger partial charge in [-0.1, -0.05) is 30.3 Å². The van der Waals surface area contributed by atoms with Gasteiger partial charge in [0.05, 0.1) is 0 Å². The molecule has 0 saturated carbocycles. The molecule has 1 aromatic heterocycles. The molecule has 172 valence electrons. The van der Waals surface area contributed by atoms with Crippen molar-refractivity contribution in [1.29, 1.82) is 0 Å². The van der Waals surface area contributed by atoms with E-state index in [0.29, 0.717) is 0 Å². The van der Waals surface area contributed by atoms with Crippen LogP contribution in [-0.2, 0) is 19.4 Å². The molecule has 7 heteroatoms. The summed E-state index contributed by atoms with van der Waals surface area (Å²) in [6.45, 7) is 2.39. The molecule has 0 radical (unpaired) electrons. The molecule has 2 heterocycles. The number of pyridine rings is 1. The second kappa shape index (κ2) is 8.71. The zero-order valence-corrected chi connectivity index (χ0v) is 18.2. The molecule has 33 heavy (non-hydrogen) atoms. The van der Waals surface area contributed by atoms with E-state index in [1.807, 2.05) is 0 Å². The van der Waals surface area contributed by atoms with Crippen molar-refractivity contribution < 1.29 is 17.9 Å². The van der Waals surface area contributed by atoms with Gasteiger partial charge in [0, 0.05) is 36.1 Å². The van der Waals surface area contributed by atoms with Gasteiger partial charge in [-0.3, -0.25) is 9.69 Å². The molecule has 1 aliphatic carbocycles. The predicted molar refractivity (Wildman–Crippen MR) is 122 cm³/mol. The Bertz CT molecular complexity index is 1260. The van der Waals surface area contributed by atoms with Crippen molar-refractivity contribution in [3.63, 3.8) is 0 Å². The molecule has 4 nitrogen and oxygen atoms in total. The van der Waals surface area contributed by atoms with Gasteiger partial charge < -0.3 is 9.72 Å². The summed E-state index contributed by atoms with van der Waals surface area (Å²) in [5.74, 6) is -0.208. The van der Waals surface area contributed by atoms with E-state index in [2.05, 4.69) is 38.9 Å². The molecule has 0 unspecified atom stereocenters. The zero-order valence-electron chi connectivity index (χ0n) is 18.2. The standard InChI is InChI=1S/C26H25F3N2O2/c27-26(28,29)33-20-8-6-18(7-9-20)19-11-13-31(14-12-19)16-17-5-10-22-21-3-1-2-4-23(21)25(32)30-24(22)15-17/h5-11,15H,1-4,12-14,16H2,(H,30,32). The quantitative estimate of drug-likeness (QED) is 0.559. The van der Waals surface area contributed by atoms with E-state index in [4.69, 9.17) is 0 Å². The first-order chi connectivity index (χ1) is 15.9. The highest BCUT2D eigenvalue weighted by Gasteiger charge is 2.31. The first-order valence-electron chi connectivity index (χ1n) is 11.3. The van der Waals surface area contributed by atoms with Crippen LogP contribution in [0.25, 0.3) is 16.5 Å². The fourth-order valence-electron chi connectivity index (χ4n) is 4.95. The number of aryl methyl sites for hydroxylation is 1. The normalized spacial score (nSPS) is 17.0. The van der Waals surface area contributed by atoms with E-state index in [-0.39, 0.29) is 11.3 Å². The van der Waals surface area contributed by atoms with Crippen molar-refractivity contribution in [2.75, 3.05) is 13.1 Å². The van der Waals surface area contributed by atoms with Gasteiger partial charge in [0.2, 0.25) is 0 Å². The lowest BCUT2D eigenvalue weighted by Gasteiger charge is -2.27. The van der Waals surface area contributed by atoms with Crippen LogP contribution in [0.1, 0.15) is 41.5 Å². The van der Waals surface area contributed by atoms with Crippen LogP contribution < -0.4 is 10.3 Å². The number of fused-ring (bicyclic) bond motifs is 3. The molecule has 1 N–H and O–H groups in total. The number of nitrogens with zero attached hydrogens (tertiary/aromatic N) is 1. The molecule has 2 aliphatic rings. The number of hydrogen-bond acceptors (Lipinski definition) is 3. The van der Waals surface area contributed by atoms with Gasteiger partial charge in [0.25, 0.3) is 5.56 Å². The second-order valence-electron chi connectivity index (χ2n) is 8.78. The highest BCUT2D eigenvalue weighted by molar-refractivity contribution is 5.84. The highest BCUT2D eigenvalue weighted by atomic mass is 19.4. The van der Waals surface area contributed by atoms with Crippen molar-refractivity contribution in [3.8, 4) is 5.75 Å². The summed E-state index contributed by atoms with van der Waals surface area (Å²) in [5.41, 5.74) is 6.31. The minimum Gasteiger partial charge on any atom is -0.406 e. The van der Waals surface area contributed by atoms with Gasteiger partial charge in [-0.25, -0.2) is 0 Å². The van der Waals surface area contributed by atoms with Gasteiger partial charge in [-0.15, -0.1) is 13.2 Å². The first-order valence-corrected chi connectivity index (χ1v) is 11.3. The van der Waals surface area contributed by atoms with Gasteiger partial charge in [0.1, 0.15) is 5.75 Å². The van der Waals surface area contributed by atoms with E-state index < -0.39 is 6.36 Å². The van der Waals surface area contributed by atoms with Crippen LogP contribution in [0.15, 0.2) is 53.3 Å². The number of ether oxygens (including phenoxy) is 1. The van der Waals surface area contributed by atoms with E-state index >= 15 is 0 Å². The van der Waals surface area contributed by atoms with Crippen molar-refractivity contribution in [2.24, 2.45) is 0 Å². The van der Waals surface area contributed by atoms with Crippen molar-refractivity contribution in [3.05, 3.63) is 81.1 Å². The fourth-order valence-corrected chi connectivity index (χ4v) is 4.95. The summed E-state index contributed by atoms with van der Waals surface area (Å²) >= 11 is 0. The number of aromatic nitrogens is 1. The Kier molecular flexibility index (Phi) is 5.74. The minimum absolute atomic E-state index is 0.0477. The third-order valence-electron chi connectivity index (χ3n) is 6.56. The van der Waals surface area contributed by atoms with Crippen LogP contribution in [0, 0.1) is 0 Å². The van der Waals surface area contributed by atoms with E-state index in [0.717, 1.165) is 84.9 Å². The lowest BCUT2D eigenvalue weighted by molar-refractivity contribution is -0.274. The molecule has 0 fully saturated rings. The van der Waals surface area contributed by atoms with Gasteiger partial charge in [-0.2, -0.15) is 0 Å². The molecule has 0 atom stereocenters. The van der Waals surface area contributed by atoms with E-state index in [1.165, 1.54) is 17.7 Å². The first kappa shape index (κ1) is 21.8. The highest BCUT2D eigenvalue weighted by Crippen LogP contribution is 2.29. The maximum absolute atomic E-state index is 12.5. The molecule has 0 spiro atoms. The number of H-pyrrole nitrogens is 1. The minimum atomic E-state index is -4.68. The number of aromatic amines is 1. The molecule has 2 aromatic carbocycles. The Hall–Kier alpha value is -3.06. The summed E-state index contributed by atoms with van der Waals surface area (Å²) in [6.07, 6.45) is 2.31. The number of nitrogens with one attached hydrogen (secondary N) is 1. The van der Waals surface area contributed by atoms with Gasteiger partial charge >= 0.3 is 6.36 Å². The number of hydrogen-bond donors (Lipinski definition) is 1. The molecule has 3 aromatic rings. The predicted octanol–water partition coefficient (Wildman–Crippen LogP) is 5.59. The number of alkyl halides is 3. The molecule has 0 bridgehead atoms. The van der Waals surface area contributed by atoms with Crippen LogP contribution in [0.2, 0.25) is 0 Å². The monoisotopic (exact) mass is 454 g/mol. The SMILES string of the molecule is O=c1[nH]c2cc(CN3CC=C(c4ccc(OC(F)(F)F)cc4)CC3)ccc2c2c1CCCC2. The molecular weight excluding hydrogens is 429 g/mol. The van der Waals surface area contributed by atoms with E-state index in [1.54, 1.807) is 12.1 Å². The Morgan fingerprint density at radius 2 is 1.73 bits per heavy atom. The smallest absolute Gasteiger partial charge is 0.406 e. The van der Waals surface area contributed by atoms with Crippen LogP contribution in [0.5, 0.6) is 5.75 Å². The number of benzene rings is 2. The largest absolute Gasteiger partial charge is 0.573 e. The lowest BCUT2D eigenvalue weighted by atomic mass is 9.89. The van der Waals surface area contributed by atoms with Crippen LogP contribution in [0.4, 0.5) is 13.2 Å². The summed E-state index contributed by atoms with van der Waals surface area (Å²) in [5, 5.41) is 1.16. The van der Waals surface area contributed by atoms with Crippen molar-refractivity contribution >= 4 is 16.5 Å². The Labute approximate surface area is 189 Å². The molecule has 0 saturated heterocycles. The molecule has 0 amide bonds. The third kappa shape index (κ3) is 4.83. The maximum atomic E-state index is 12.5. The van der Waals surface area contributed by atoms with Crippen molar-refractivity contribution in [2.45, 2.75) is 45.0 Å². The van der Waals surface area contributed by atoms with Gasteiger partial charge in [-0.05, 0) is 72.6 Å². The zero-order chi connectivity index (χ0) is 23.0. The lowest BCUT2D eigenvalue weighted by Crippen LogP contribution is -2.28. The maximum Gasteiger partial charge on any atom is 0.573 e. The number of halogens is 3.